The van der Waals surface area contributed by atoms with E-state index < -0.39 is 0 Å². The lowest BCUT2D eigenvalue weighted by atomic mass is 10.0. The molecule has 13 heavy (non-hydrogen) atoms. The quantitative estimate of drug-likeness (QED) is 0.574. The molecule has 0 aromatic rings. The van der Waals surface area contributed by atoms with Crippen molar-refractivity contribution in [3.63, 3.8) is 0 Å². The van der Waals surface area contributed by atoms with E-state index in [-0.39, 0.29) is 11.7 Å². The van der Waals surface area contributed by atoms with E-state index in [1.807, 2.05) is 19.9 Å². The molecule has 0 saturated heterocycles. The van der Waals surface area contributed by atoms with Crippen molar-refractivity contribution in [2.24, 2.45) is 11.8 Å². The number of hydrogen-bond donors (Lipinski definition) is 0. The van der Waals surface area contributed by atoms with Crippen molar-refractivity contribution in [2.75, 3.05) is 0 Å². The Labute approximate surface area is 82.2 Å². The molecule has 1 atom stereocenters. The van der Waals surface area contributed by atoms with E-state index in [2.05, 4.69) is 13.8 Å². The molecule has 0 amide bonds. The van der Waals surface area contributed by atoms with Crippen LogP contribution < -0.4 is 0 Å². The molecular weight excluding hydrogens is 160 g/mol. The molecule has 0 heterocycles. The van der Waals surface area contributed by atoms with E-state index in [9.17, 15) is 4.79 Å². The van der Waals surface area contributed by atoms with Gasteiger partial charge in [-0.05, 0) is 18.4 Å². The number of carbonyl (C=O) groups excluding carboxylic acids is 1. The summed E-state index contributed by atoms with van der Waals surface area (Å²) in [7, 11) is 0. The summed E-state index contributed by atoms with van der Waals surface area (Å²) in [6.45, 7) is 8.29. The van der Waals surface area contributed by atoms with Crippen molar-refractivity contribution in [2.45, 2.75) is 47.0 Å². The predicted molar refractivity (Wildman–Crippen MR) is 57.7 cm³/mol. The van der Waals surface area contributed by atoms with Gasteiger partial charge in [0.1, 0.15) is 0 Å². The highest BCUT2D eigenvalue weighted by atomic mass is 16.1. The van der Waals surface area contributed by atoms with E-state index in [0.717, 1.165) is 6.42 Å². The summed E-state index contributed by atoms with van der Waals surface area (Å²) in [4.78, 5) is 11.2. The molecule has 0 N–H and O–H groups in total. The predicted octanol–water partition coefficient (Wildman–Crippen LogP) is 3.59. The Morgan fingerprint density at radius 1 is 1.31 bits per heavy atom. The molecule has 0 aliphatic carbocycles. The minimum atomic E-state index is 0.137. The Hall–Kier alpha value is -0.590. The average Bonchev–Trinajstić information content (AvgIpc) is 2.04. The van der Waals surface area contributed by atoms with Gasteiger partial charge in [0.25, 0.3) is 0 Å². The number of allylic oxidation sites excluding steroid dienone is 2. The van der Waals surface area contributed by atoms with Gasteiger partial charge < -0.3 is 0 Å². The van der Waals surface area contributed by atoms with Gasteiger partial charge >= 0.3 is 0 Å². The lowest BCUT2D eigenvalue weighted by molar-refractivity contribution is -0.117. The lowest BCUT2D eigenvalue weighted by Crippen LogP contribution is -2.02. The lowest BCUT2D eigenvalue weighted by Gasteiger charge is -2.05. The van der Waals surface area contributed by atoms with Crippen LogP contribution in [0.5, 0.6) is 0 Å². The van der Waals surface area contributed by atoms with Crippen LogP contribution in [0.15, 0.2) is 12.2 Å². The second-order valence-corrected chi connectivity index (χ2v) is 4.09. The highest BCUT2D eigenvalue weighted by Gasteiger charge is 2.02. The Morgan fingerprint density at radius 2 is 1.92 bits per heavy atom. The molecule has 0 aliphatic heterocycles. The van der Waals surface area contributed by atoms with Gasteiger partial charge in [-0.3, -0.25) is 4.79 Å². The van der Waals surface area contributed by atoms with Crippen molar-refractivity contribution < 1.29 is 4.79 Å². The highest BCUT2D eigenvalue weighted by molar-refractivity contribution is 5.91. The Morgan fingerprint density at radius 3 is 2.38 bits per heavy atom. The molecule has 0 bridgehead atoms. The van der Waals surface area contributed by atoms with Gasteiger partial charge in [-0.2, -0.15) is 0 Å². The normalized spacial score (nSPS) is 13.9. The monoisotopic (exact) mass is 182 g/mol. The third kappa shape index (κ3) is 6.56. The molecule has 1 unspecified atom stereocenters. The molecule has 1 nitrogen and oxygen atoms in total. The smallest absolute Gasteiger partial charge is 0.157 e. The molecule has 0 spiro atoms. The minimum Gasteiger partial charge on any atom is -0.295 e. The maximum absolute atomic E-state index is 11.2. The van der Waals surface area contributed by atoms with E-state index >= 15 is 0 Å². The first-order valence-electron chi connectivity index (χ1n) is 5.28. The minimum absolute atomic E-state index is 0.137. The fourth-order valence-electron chi connectivity index (χ4n) is 1.22. The molecule has 0 aliphatic rings. The van der Waals surface area contributed by atoms with Crippen molar-refractivity contribution in [1.29, 1.82) is 0 Å². The molecule has 0 aromatic carbocycles. The van der Waals surface area contributed by atoms with E-state index in [1.165, 1.54) is 12.8 Å². The summed E-state index contributed by atoms with van der Waals surface area (Å²) in [6, 6.07) is 0. The van der Waals surface area contributed by atoms with E-state index in [0.29, 0.717) is 5.92 Å². The zero-order chi connectivity index (χ0) is 10.3. The second-order valence-electron chi connectivity index (χ2n) is 4.09. The van der Waals surface area contributed by atoms with Crippen LogP contribution in [0.4, 0.5) is 0 Å². The van der Waals surface area contributed by atoms with Gasteiger partial charge in [0, 0.05) is 5.92 Å². The van der Waals surface area contributed by atoms with Crippen LogP contribution in [-0.4, -0.2) is 5.78 Å². The first-order valence-corrected chi connectivity index (χ1v) is 5.28. The third-order valence-corrected chi connectivity index (χ3v) is 2.17. The van der Waals surface area contributed by atoms with Crippen molar-refractivity contribution in [3.8, 4) is 0 Å². The van der Waals surface area contributed by atoms with Crippen LogP contribution in [0.2, 0.25) is 0 Å². The molecule has 0 radical (unpaired) electrons. The van der Waals surface area contributed by atoms with Crippen LogP contribution >= 0.6 is 0 Å². The topological polar surface area (TPSA) is 17.1 Å². The third-order valence-electron chi connectivity index (χ3n) is 2.17. The molecular formula is C12H22O. The summed E-state index contributed by atoms with van der Waals surface area (Å²) in [5.41, 5.74) is 0. The summed E-state index contributed by atoms with van der Waals surface area (Å²) >= 11 is 0. The average molecular weight is 182 g/mol. The summed E-state index contributed by atoms with van der Waals surface area (Å²) in [6.07, 6.45) is 7.26. The van der Waals surface area contributed by atoms with Gasteiger partial charge in [-0.25, -0.2) is 0 Å². The number of hydrogen-bond acceptors (Lipinski definition) is 1. The summed E-state index contributed by atoms with van der Waals surface area (Å²) < 4.78 is 0. The van der Waals surface area contributed by atoms with E-state index in [4.69, 9.17) is 0 Å². The zero-order valence-corrected chi connectivity index (χ0v) is 9.34. The number of carbonyl (C=O) groups is 1. The van der Waals surface area contributed by atoms with Crippen LogP contribution in [0.25, 0.3) is 0 Å². The summed E-state index contributed by atoms with van der Waals surface area (Å²) in [5, 5.41) is 0. The number of rotatable bonds is 6. The molecule has 76 valence electrons. The Bertz CT molecular complexity index is 168. The van der Waals surface area contributed by atoms with Crippen LogP contribution in [0.1, 0.15) is 47.0 Å². The standard InChI is InChI=1S/C12H22O/c1-5-7-11(4)8-6-9-12(13)10(2)3/h6,9-11H,5,7-8H2,1-4H3/b9-6+. The Balaban J connectivity index is 3.68. The van der Waals surface area contributed by atoms with Crippen LogP contribution in [0, 0.1) is 11.8 Å². The SMILES string of the molecule is CCCC(C)C/C=C/C(=O)C(C)C. The fraction of sp³-hybridized carbons (Fsp3) is 0.750. The fourth-order valence-corrected chi connectivity index (χ4v) is 1.22. The van der Waals surface area contributed by atoms with Crippen LogP contribution in [-0.2, 0) is 4.79 Å². The van der Waals surface area contributed by atoms with Crippen molar-refractivity contribution >= 4 is 5.78 Å². The van der Waals surface area contributed by atoms with Crippen molar-refractivity contribution in [1.82, 2.24) is 0 Å². The highest BCUT2D eigenvalue weighted by Crippen LogP contribution is 2.10. The first-order chi connectivity index (χ1) is 6.07. The zero-order valence-electron chi connectivity index (χ0n) is 9.34. The van der Waals surface area contributed by atoms with Gasteiger partial charge in [0.05, 0.1) is 0 Å². The first kappa shape index (κ1) is 12.4. The van der Waals surface area contributed by atoms with Gasteiger partial charge in [-0.15, -0.1) is 0 Å². The Kier molecular flexibility index (Phi) is 6.56. The molecule has 0 aromatic heterocycles. The molecule has 1 heteroatoms. The van der Waals surface area contributed by atoms with Crippen LogP contribution in [0.3, 0.4) is 0 Å². The van der Waals surface area contributed by atoms with Gasteiger partial charge in [0.15, 0.2) is 5.78 Å². The largest absolute Gasteiger partial charge is 0.295 e. The second kappa shape index (κ2) is 6.88. The summed E-state index contributed by atoms with van der Waals surface area (Å²) in [5.74, 6) is 1.09. The number of ketones is 1. The molecule has 0 saturated carbocycles. The molecule has 0 fully saturated rings. The van der Waals surface area contributed by atoms with Crippen molar-refractivity contribution in [3.05, 3.63) is 12.2 Å². The molecule has 0 rings (SSSR count). The maximum Gasteiger partial charge on any atom is 0.157 e. The van der Waals surface area contributed by atoms with E-state index in [1.54, 1.807) is 6.08 Å². The van der Waals surface area contributed by atoms with Gasteiger partial charge in [0.2, 0.25) is 0 Å². The van der Waals surface area contributed by atoms with Gasteiger partial charge in [-0.1, -0.05) is 46.6 Å². The maximum atomic E-state index is 11.2.